The first kappa shape index (κ1) is 26.8. The third kappa shape index (κ3) is 5.67. The van der Waals surface area contributed by atoms with E-state index >= 15 is 0 Å². The number of methoxy groups -OCH3 is 1. The Hall–Kier alpha value is -4.26. The summed E-state index contributed by atoms with van der Waals surface area (Å²) in [6, 6.07) is 21.2. The SMILES string of the molecule is CCCOc1cccc(C(O)=C2C(=O)C(=O)N(CCc3ccccc3)C2c2ccc(OCC)c(OC)c2)c1. The molecule has 0 bridgehead atoms. The number of ether oxygens (including phenoxy) is 3. The second kappa shape index (κ2) is 12.3. The molecule has 0 aromatic heterocycles. The molecule has 1 aliphatic heterocycles. The largest absolute Gasteiger partial charge is 0.507 e. The van der Waals surface area contributed by atoms with Crippen LogP contribution in [0.25, 0.3) is 5.76 Å². The van der Waals surface area contributed by atoms with Crippen LogP contribution in [0.2, 0.25) is 0 Å². The summed E-state index contributed by atoms with van der Waals surface area (Å²) in [5.74, 6) is -0.0143. The van der Waals surface area contributed by atoms with Crippen molar-refractivity contribution in [2.45, 2.75) is 32.7 Å². The van der Waals surface area contributed by atoms with E-state index in [2.05, 4.69) is 0 Å². The number of aliphatic hydroxyl groups is 1. The fourth-order valence-electron chi connectivity index (χ4n) is 4.59. The van der Waals surface area contributed by atoms with Gasteiger partial charge in [-0.3, -0.25) is 9.59 Å². The van der Waals surface area contributed by atoms with Crippen LogP contribution in [-0.2, 0) is 16.0 Å². The van der Waals surface area contributed by atoms with Crippen LogP contribution >= 0.6 is 0 Å². The fraction of sp³-hybridized carbons (Fsp3) is 0.290. The molecule has 3 aromatic carbocycles. The Balaban J connectivity index is 1.80. The van der Waals surface area contributed by atoms with Crippen molar-refractivity contribution in [1.82, 2.24) is 4.90 Å². The Morgan fingerprint density at radius 3 is 2.42 bits per heavy atom. The van der Waals surface area contributed by atoms with Gasteiger partial charge in [0.25, 0.3) is 11.7 Å². The number of carbonyl (C=O) groups excluding carboxylic acids is 2. The average Bonchev–Trinajstić information content (AvgIpc) is 3.20. The first-order chi connectivity index (χ1) is 18.5. The Labute approximate surface area is 223 Å². The van der Waals surface area contributed by atoms with Crippen LogP contribution in [0.5, 0.6) is 17.2 Å². The number of benzene rings is 3. The highest BCUT2D eigenvalue weighted by atomic mass is 16.5. The number of hydrogen-bond acceptors (Lipinski definition) is 6. The standard InChI is InChI=1S/C31H33NO6/c1-4-18-38-24-13-9-12-23(19-24)29(33)27-28(22-14-15-25(37-5-2)26(20-22)36-3)32(31(35)30(27)34)17-16-21-10-7-6-8-11-21/h6-15,19-20,28,33H,4-5,16-18H2,1-3H3. The summed E-state index contributed by atoms with van der Waals surface area (Å²) in [6.07, 6.45) is 1.39. The zero-order chi connectivity index (χ0) is 27.1. The van der Waals surface area contributed by atoms with Crippen LogP contribution in [-0.4, -0.2) is 48.6 Å². The minimum absolute atomic E-state index is 0.0296. The summed E-state index contributed by atoms with van der Waals surface area (Å²) in [7, 11) is 1.54. The van der Waals surface area contributed by atoms with Gasteiger partial charge in [-0.1, -0.05) is 55.5 Å². The van der Waals surface area contributed by atoms with E-state index in [1.165, 1.54) is 12.0 Å². The number of amides is 1. The summed E-state index contributed by atoms with van der Waals surface area (Å²) < 4.78 is 16.9. The predicted octanol–water partition coefficient (Wildman–Crippen LogP) is 5.55. The molecule has 0 saturated carbocycles. The molecule has 0 radical (unpaired) electrons. The van der Waals surface area contributed by atoms with E-state index in [1.807, 2.05) is 44.2 Å². The molecule has 7 heteroatoms. The molecule has 0 spiro atoms. The highest BCUT2D eigenvalue weighted by Gasteiger charge is 2.46. The first-order valence-electron chi connectivity index (χ1n) is 12.8. The van der Waals surface area contributed by atoms with Crippen molar-refractivity contribution < 1.29 is 28.9 Å². The van der Waals surface area contributed by atoms with Crippen LogP contribution in [0.3, 0.4) is 0 Å². The van der Waals surface area contributed by atoms with Gasteiger partial charge in [0.2, 0.25) is 0 Å². The van der Waals surface area contributed by atoms with Crippen LogP contribution in [0.4, 0.5) is 0 Å². The van der Waals surface area contributed by atoms with E-state index in [0.717, 1.165) is 12.0 Å². The average molecular weight is 516 g/mol. The summed E-state index contributed by atoms with van der Waals surface area (Å²) in [4.78, 5) is 28.3. The number of hydrogen-bond donors (Lipinski definition) is 1. The molecule has 1 atom stereocenters. The second-order valence-corrected chi connectivity index (χ2v) is 8.95. The van der Waals surface area contributed by atoms with Gasteiger partial charge in [-0.05, 0) is 55.2 Å². The quantitative estimate of drug-likeness (QED) is 0.205. The van der Waals surface area contributed by atoms with Crippen molar-refractivity contribution >= 4 is 17.4 Å². The Bertz CT molecular complexity index is 1320. The van der Waals surface area contributed by atoms with Crippen LogP contribution in [0.15, 0.2) is 78.4 Å². The van der Waals surface area contributed by atoms with Crippen molar-refractivity contribution in [2.24, 2.45) is 0 Å². The lowest BCUT2D eigenvalue weighted by atomic mass is 9.94. The van der Waals surface area contributed by atoms with E-state index in [1.54, 1.807) is 42.5 Å². The van der Waals surface area contributed by atoms with Gasteiger partial charge in [-0.15, -0.1) is 0 Å². The van der Waals surface area contributed by atoms with E-state index in [0.29, 0.717) is 54.6 Å². The summed E-state index contributed by atoms with van der Waals surface area (Å²) in [6.45, 7) is 5.17. The van der Waals surface area contributed by atoms with E-state index in [9.17, 15) is 14.7 Å². The number of nitrogens with zero attached hydrogens (tertiary/aromatic N) is 1. The molecule has 3 aromatic rings. The molecule has 4 rings (SSSR count). The molecule has 1 saturated heterocycles. The zero-order valence-electron chi connectivity index (χ0n) is 22.0. The molecular weight excluding hydrogens is 482 g/mol. The van der Waals surface area contributed by atoms with Crippen molar-refractivity contribution in [3.05, 3.63) is 95.1 Å². The maximum atomic E-state index is 13.4. The molecule has 1 fully saturated rings. The van der Waals surface area contributed by atoms with Gasteiger partial charge in [0.05, 0.1) is 31.9 Å². The minimum Gasteiger partial charge on any atom is -0.507 e. The van der Waals surface area contributed by atoms with Crippen LogP contribution in [0, 0.1) is 0 Å². The number of likely N-dealkylation sites (tertiary alicyclic amines) is 1. The van der Waals surface area contributed by atoms with Gasteiger partial charge in [-0.2, -0.15) is 0 Å². The lowest BCUT2D eigenvalue weighted by Gasteiger charge is -2.26. The minimum atomic E-state index is -0.802. The van der Waals surface area contributed by atoms with Crippen molar-refractivity contribution in [3.8, 4) is 17.2 Å². The monoisotopic (exact) mass is 515 g/mol. The third-order valence-electron chi connectivity index (χ3n) is 6.41. The number of carbonyl (C=O) groups is 2. The molecule has 1 amide bonds. The molecule has 0 aliphatic carbocycles. The molecule has 198 valence electrons. The highest BCUT2D eigenvalue weighted by molar-refractivity contribution is 6.46. The number of rotatable bonds is 11. The Morgan fingerprint density at radius 1 is 0.921 bits per heavy atom. The van der Waals surface area contributed by atoms with Gasteiger partial charge >= 0.3 is 0 Å². The number of aliphatic hydroxyl groups excluding tert-OH is 1. The lowest BCUT2D eigenvalue weighted by molar-refractivity contribution is -0.139. The fourth-order valence-corrected chi connectivity index (χ4v) is 4.59. The highest BCUT2D eigenvalue weighted by Crippen LogP contribution is 2.42. The number of Topliss-reactive ketones (excluding diaryl/α,β-unsaturated/α-hetero) is 1. The Morgan fingerprint density at radius 2 is 1.71 bits per heavy atom. The third-order valence-corrected chi connectivity index (χ3v) is 6.41. The number of ketones is 1. The van der Waals surface area contributed by atoms with Gasteiger partial charge < -0.3 is 24.2 Å². The van der Waals surface area contributed by atoms with Gasteiger partial charge in [-0.25, -0.2) is 0 Å². The van der Waals surface area contributed by atoms with E-state index in [-0.39, 0.29) is 11.3 Å². The summed E-state index contributed by atoms with van der Waals surface area (Å²) >= 11 is 0. The van der Waals surface area contributed by atoms with Crippen LogP contribution in [0.1, 0.15) is 43.0 Å². The predicted molar refractivity (Wildman–Crippen MR) is 146 cm³/mol. The summed E-state index contributed by atoms with van der Waals surface area (Å²) in [5, 5.41) is 11.4. The Kier molecular flexibility index (Phi) is 8.69. The second-order valence-electron chi connectivity index (χ2n) is 8.95. The topological polar surface area (TPSA) is 85.3 Å². The maximum absolute atomic E-state index is 13.4. The van der Waals surface area contributed by atoms with Crippen LogP contribution < -0.4 is 14.2 Å². The van der Waals surface area contributed by atoms with Gasteiger partial charge in [0.15, 0.2) is 11.5 Å². The van der Waals surface area contributed by atoms with Gasteiger partial charge in [0.1, 0.15) is 11.5 Å². The van der Waals surface area contributed by atoms with Gasteiger partial charge in [0, 0.05) is 12.1 Å². The molecule has 1 unspecified atom stereocenters. The van der Waals surface area contributed by atoms with E-state index in [4.69, 9.17) is 14.2 Å². The zero-order valence-corrected chi connectivity index (χ0v) is 22.0. The summed E-state index contributed by atoms with van der Waals surface area (Å²) in [5.41, 5.74) is 2.11. The molecule has 1 aliphatic rings. The first-order valence-corrected chi connectivity index (χ1v) is 12.8. The molecule has 7 nitrogen and oxygen atoms in total. The van der Waals surface area contributed by atoms with Crippen molar-refractivity contribution in [2.75, 3.05) is 26.9 Å². The lowest BCUT2D eigenvalue weighted by Crippen LogP contribution is -2.31. The molecular formula is C31H33NO6. The molecule has 1 heterocycles. The van der Waals surface area contributed by atoms with E-state index < -0.39 is 17.7 Å². The smallest absolute Gasteiger partial charge is 0.295 e. The van der Waals surface area contributed by atoms with Crippen molar-refractivity contribution in [1.29, 1.82) is 0 Å². The normalized spacial score (nSPS) is 16.5. The van der Waals surface area contributed by atoms with Crippen molar-refractivity contribution in [3.63, 3.8) is 0 Å². The molecule has 38 heavy (non-hydrogen) atoms. The maximum Gasteiger partial charge on any atom is 0.295 e. The molecule has 1 N–H and O–H groups in total.